The highest BCUT2D eigenvalue weighted by Gasteiger charge is 2.45. The highest BCUT2D eigenvalue weighted by molar-refractivity contribution is 7.95. The quantitative estimate of drug-likeness (QED) is 0.0396. The lowest BCUT2D eigenvalue weighted by atomic mass is 10.1. The first-order chi connectivity index (χ1) is 21.4. The number of anilines is 1. The van der Waals surface area contributed by atoms with Crippen molar-refractivity contribution in [2.45, 2.75) is 6.92 Å². The van der Waals surface area contributed by atoms with Crippen LogP contribution < -0.4 is 43.1 Å². The van der Waals surface area contributed by atoms with Gasteiger partial charge in [0.2, 0.25) is 0 Å². The number of nitrogens with two attached hydrogens (primary N) is 1. The van der Waals surface area contributed by atoms with E-state index in [-0.39, 0.29) is 0 Å². The summed E-state index contributed by atoms with van der Waals surface area (Å²) in [4.78, 5) is 0. The van der Waals surface area contributed by atoms with Crippen molar-refractivity contribution in [3.8, 4) is 0 Å². The molecule has 8 nitrogen and oxygen atoms in total. The van der Waals surface area contributed by atoms with Gasteiger partial charge in [-0.15, -0.1) is 0 Å². The van der Waals surface area contributed by atoms with Gasteiger partial charge < -0.3 is 21.1 Å². The fraction of sp³-hybridized carbons (Fsp3) is 0.152. The van der Waals surface area contributed by atoms with Crippen LogP contribution >= 0.6 is 31.7 Å². The molecule has 44 heavy (non-hydrogen) atoms. The lowest BCUT2D eigenvalue weighted by Crippen LogP contribution is -2.37. The summed E-state index contributed by atoms with van der Waals surface area (Å²) in [5, 5.41) is 19.5. The molecule has 0 heterocycles. The zero-order chi connectivity index (χ0) is 31.2. The van der Waals surface area contributed by atoms with E-state index in [0.717, 1.165) is 5.56 Å². The van der Waals surface area contributed by atoms with Crippen molar-refractivity contribution in [3.05, 3.63) is 121 Å². The molecule has 0 unspecified atom stereocenters. The van der Waals surface area contributed by atoms with E-state index < -0.39 is 7.26 Å². The Hall–Kier alpha value is -4.21. The van der Waals surface area contributed by atoms with Crippen LogP contribution in [0.2, 0.25) is 0 Å². The fourth-order valence-electron chi connectivity index (χ4n) is 4.54. The van der Waals surface area contributed by atoms with Gasteiger partial charge in [0.25, 0.3) is 0 Å². The number of hydrogen-bond acceptors (Lipinski definition) is 6. The standard InChI is InChI=1S/C33H36N7OPS2/c1-25(31(38-39-32(43)35-2)26-18-20-27(34)21-19-26)37-40-33(44)36-22-23-41-24-42(28-12-6-3-7-13-28,29-14-8-4-9-15-29)30-16-10-5-11-17-30/h3-21H,22-24H2,1-2H3,(H5-,34,35,36,37,38,39,40,43,44)/p+1. The predicted molar refractivity (Wildman–Crippen MR) is 195 cm³/mol. The highest BCUT2D eigenvalue weighted by Crippen LogP contribution is 2.55. The van der Waals surface area contributed by atoms with Gasteiger partial charge in [-0.25, -0.2) is 0 Å². The maximum atomic E-state index is 6.42. The van der Waals surface area contributed by atoms with Crippen LogP contribution in [0, 0.1) is 0 Å². The van der Waals surface area contributed by atoms with Gasteiger partial charge in [0, 0.05) is 24.8 Å². The van der Waals surface area contributed by atoms with Crippen LogP contribution in [0.5, 0.6) is 0 Å². The Morgan fingerprint density at radius 1 is 0.727 bits per heavy atom. The van der Waals surface area contributed by atoms with E-state index in [0.29, 0.717) is 46.8 Å². The maximum Gasteiger partial charge on any atom is 0.187 e. The molecule has 0 spiro atoms. The number of hydrazone groups is 2. The van der Waals surface area contributed by atoms with E-state index >= 15 is 0 Å². The summed E-state index contributed by atoms with van der Waals surface area (Å²) < 4.78 is 6.42. The Morgan fingerprint density at radius 2 is 1.23 bits per heavy atom. The molecule has 0 aromatic heterocycles. The van der Waals surface area contributed by atoms with Crippen molar-refractivity contribution < 1.29 is 4.74 Å². The number of ether oxygens (including phenoxy) is 1. The Balaban J connectivity index is 1.41. The van der Waals surface area contributed by atoms with Crippen LogP contribution in [0.3, 0.4) is 0 Å². The number of thiocarbonyl (C=S) groups is 2. The molecule has 0 saturated heterocycles. The minimum Gasteiger partial charge on any atom is -0.399 e. The van der Waals surface area contributed by atoms with Gasteiger partial charge in [0.05, 0.1) is 12.3 Å². The molecule has 0 aliphatic rings. The molecular formula is C33H37N7OPS2+. The number of hydrogen-bond donors (Lipinski definition) is 5. The Labute approximate surface area is 270 Å². The first-order valence-corrected chi connectivity index (χ1v) is 16.9. The molecular weight excluding hydrogens is 606 g/mol. The van der Waals surface area contributed by atoms with E-state index in [1.54, 1.807) is 19.2 Å². The van der Waals surface area contributed by atoms with Gasteiger partial charge in [-0.1, -0.05) is 66.7 Å². The number of nitrogens with zero attached hydrogens (tertiary/aromatic N) is 2. The lowest BCUT2D eigenvalue weighted by Gasteiger charge is -2.27. The Bertz CT molecular complexity index is 1470. The zero-order valence-electron chi connectivity index (χ0n) is 24.7. The largest absolute Gasteiger partial charge is 0.399 e. The molecule has 0 atom stereocenters. The molecule has 6 N–H and O–H groups in total. The van der Waals surface area contributed by atoms with Crippen LogP contribution in [0.1, 0.15) is 12.5 Å². The van der Waals surface area contributed by atoms with Crippen molar-refractivity contribution in [3.63, 3.8) is 0 Å². The van der Waals surface area contributed by atoms with E-state index in [1.807, 2.05) is 19.1 Å². The molecule has 0 saturated carbocycles. The van der Waals surface area contributed by atoms with Crippen LogP contribution in [0.15, 0.2) is 125 Å². The van der Waals surface area contributed by atoms with Crippen LogP contribution in [0.4, 0.5) is 5.69 Å². The summed E-state index contributed by atoms with van der Waals surface area (Å²) in [5.41, 5.74) is 14.3. The van der Waals surface area contributed by atoms with E-state index in [4.69, 9.17) is 34.9 Å². The normalized spacial score (nSPS) is 11.9. The second kappa shape index (κ2) is 16.6. The monoisotopic (exact) mass is 642 g/mol. The third-order valence-electron chi connectivity index (χ3n) is 6.76. The second-order valence-electron chi connectivity index (χ2n) is 9.69. The fourth-order valence-corrected chi connectivity index (χ4v) is 8.52. The van der Waals surface area contributed by atoms with E-state index in [2.05, 4.69) is 123 Å². The third-order valence-corrected chi connectivity index (χ3v) is 11.4. The molecule has 0 fully saturated rings. The predicted octanol–water partition coefficient (Wildman–Crippen LogP) is 3.88. The average Bonchev–Trinajstić information content (AvgIpc) is 3.07. The summed E-state index contributed by atoms with van der Waals surface area (Å²) >= 11 is 10.7. The van der Waals surface area contributed by atoms with Crippen molar-refractivity contribution in [2.24, 2.45) is 10.2 Å². The molecule has 4 rings (SSSR count). The SMILES string of the molecule is CNC(=S)NN=C(C(C)=NNC(=S)NCCOC[P+](c1ccccc1)(c1ccccc1)c1ccccc1)c1ccc(N)cc1. The van der Waals surface area contributed by atoms with Crippen molar-refractivity contribution in [1.29, 1.82) is 0 Å². The summed E-state index contributed by atoms with van der Waals surface area (Å²) in [7, 11) is -0.345. The smallest absolute Gasteiger partial charge is 0.187 e. The second-order valence-corrected chi connectivity index (χ2v) is 13.9. The summed E-state index contributed by atoms with van der Waals surface area (Å²) in [6.07, 6.45) is 0.563. The Kier molecular flexibility index (Phi) is 12.3. The minimum absolute atomic E-state index is 0.374. The van der Waals surface area contributed by atoms with E-state index in [9.17, 15) is 0 Å². The number of rotatable bonds is 12. The molecule has 226 valence electrons. The first-order valence-electron chi connectivity index (χ1n) is 14.1. The van der Waals surface area contributed by atoms with Crippen molar-refractivity contribution >= 4 is 74.9 Å². The van der Waals surface area contributed by atoms with Crippen molar-refractivity contribution in [1.82, 2.24) is 21.5 Å². The molecule has 4 aromatic carbocycles. The molecule has 4 aromatic rings. The number of nitrogen functional groups attached to an aromatic ring is 1. The van der Waals surface area contributed by atoms with Gasteiger partial charge in [0.15, 0.2) is 16.6 Å². The molecule has 0 amide bonds. The molecule has 0 aliphatic carbocycles. The zero-order valence-corrected chi connectivity index (χ0v) is 27.3. The molecule has 0 bridgehead atoms. The molecule has 0 radical (unpaired) electrons. The van der Waals surface area contributed by atoms with E-state index in [1.165, 1.54) is 15.9 Å². The lowest BCUT2D eigenvalue weighted by molar-refractivity contribution is 0.185. The van der Waals surface area contributed by atoms with Gasteiger partial charge in [-0.05, 0) is 79.9 Å². The minimum atomic E-state index is -2.06. The van der Waals surface area contributed by atoms with Crippen LogP contribution in [0.25, 0.3) is 0 Å². The maximum absolute atomic E-state index is 6.42. The van der Waals surface area contributed by atoms with Crippen LogP contribution in [-0.4, -0.2) is 48.2 Å². The summed E-state index contributed by atoms with van der Waals surface area (Å²) in [6, 6.07) is 39.3. The topological polar surface area (TPSA) is 108 Å². The Morgan fingerprint density at radius 3 is 1.73 bits per heavy atom. The van der Waals surface area contributed by atoms with Crippen molar-refractivity contribution in [2.75, 3.05) is 32.3 Å². The van der Waals surface area contributed by atoms with Gasteiger partial charge >= 0.3 is 0 Å². The number of benzene rings is 4. The molecule has 0 aliphatic heterocycles. The molecule has 11 heteroatoms. The van der Waals surface area contributed by atoms with Gasteiger partial charge in [-0.2, -0.15) is 10.2 Å². The van der Waals surface area contributed by atoms with Gasteiger partial charge in [-0.3, -0.25) is 10.9 Å². The van der Waals surface area contributed by atoms with Gasteiger partial charge in [0.1, 0.15) is 28.9 Å². The summed E-state index contributed by atoms with van der Waals surface area (Å²) in [5.74, 6) is 0. The number of nitrogens with one attached hydrogen (secondary N) is 4. The highest BCUT2D eigenvalue weighted by atomic mass is 32.1. The van der Waals surface area contributed by atoms with Crippen LogP contribution in [-0.2, 0) is 4.74 Å². The summed E-state index contributed by atoms with van der Waals surface area (Å²) in [6.45, 7) is 2.80. The third kappa shape index (κ3) is 8.67. The first kappa shape index (κ1) is 32.7. The average molecular weight is 643 g/mol.